The summed E-state index contributed by atoms with van der Waals surface area (Å²) in [6.45, 7) is 4.40. The number of ether oxygens (including phenoxy) is 3. The van der Waals surface area contributed by atoms with Gasteiger partial charge in [-0.2, -0.15) is 5.26 Å². The third-order valence-corrected chi connectivity index (χ3v) is 8.05. The average Bonchev–Trinajstić information content (AvgIpc) is 2.86. The minimum Gasteiger partial charge on any atom is -0.504 e. The monoisotopic (exact) mass is 519 g/mol. The Bertz CT molecular complexity index is 1430. The van der Waals surface area contributed by atoms with E-state index in [2.05, 4.69) is 6.07 Å². The van der Waals surface area contributed by atoms with E-state index in [9.17, 15) is 24.8 Å². The van der Waals surface area contributed by atoms with Gasteiger partial charge in [-0.1, -0.05) is 6.07 Å². The van der Waals surface area contributed by atoms with E-state index in [1.165, 1.54) is 28.1 Å². The van der Waals surface area contributed by atoms with Crippen molar-refractivity contribution in [2.24, 2.45) is 0 Å². The number of nitrogens with zero attached hydrogens (tertiary/aromatic N) is 3. The SMILES string of the molecule is COC1=C(C)C(=O)C2=C(C1=O)[C@H](COC(C)=O)N1C(=C2)[C@H]2c3c(cc(C)c(OC)c3O)C[C@@H]([C@@H]1C#N)N2C. The highest BCUT2D eigenvalue weighted by Gasteiger charge is 2.54. The summed E-state index contributed by atoms with van der Waals surface area (Å²) >= 11 is 0. The highest BCUT2D eigenvalue weighted by molar-refractivity contribution is 6.26. The maximum absolute atomic E-state index is 13.6. The zero-order chi connectivity index (χ0) is 27.6. The molecule has 38 heavy (non-hydrogen) atoms. The van der Waals surface area contributed by atoms with Crippen LogP contribution >= 0.6 is 0 Å². The highest BCUT2D eigenvalue weighted by Crippen LogP contribution is 2.53. The molecule has 10 heteroatoms. The molecular weight excluding hydrogens is 490 g/mol. The van der Waals surface area contributed by atoms with Crippen LogP contribution in [0.15, 0.2) is 40.3 Å². The van der Waals surface area contributed by atoms with Gasteiger partial charge in [-0.15, -0.1) is 0 Å². The van der Waals surface area contributed by atoms with Gasteiger partial charge < -0.3 is 24.2 Å². The van der Waals surface area contributed by atoms with Crippen LogP contribution in [0, 0.1) is 18.3 Å². The molecule has 10 nitrogen and oxygen atoms in total. The van der Waals surface area contributed by atoms with Gasteiger partial charge in [-0.25, -0.2) is 0 Å². The molecule has 1 saturated heterocycles. The quantitative estimate of drug-likeness (QED) is 0.466. The van der Waals surface area contributed by atoms with Gasteiger partial charge in [0.25, 0.3) is 0 Å². The zero-order valence-corrected chi connectivity index (χ0v) is 22.1. The first kappa shape index (κ1) is 25.5. The Kier molecular flexibility index (Phi) is 6.07. The van der Waals surface area contributed by atoms with E-state index >= 15 is 0 Å². The number of carbonyl (C=O) groups excluding carboxylic acids is 3. The number of aromatic hydroxyl groups is 1. The molecule has 198 valence electrons. The second-order valence-corrected chi connectivity index (χ2v) is 10.0. The number of likely N-dealkylation sites (N-methyl/N-ethyl adjacent to an activating group) is 1. The predicted molar refractivity (Wildman–Crippen MR) is 134 cm³/mol. The van der Waals surface area contributed by atoms with E-state index in [1.807, 2.05) is 24.9 Å². The Morgan fingerprint density at radius 1 is 1.21 bits per heavy atom. The summed E-state index contributed by atoms with van der Waals surface area (Å²) in [5.41, 5.74) is 3.32. The van der Waals surface area contributed by atoms with Crippen LogP contribution in [0.25, 0.3) is 0 Å². The molecule has 1 fully saturated rings. The maximum atomic E-state index is 13.6. The number of allylic oxidation sites excluding steroid dienone is 4. The lowest BCUT2D eigenvalue weighted by molar-refractivity contribution is -0.143. The van der Waals surface area contributed by atoms with Crippen LogP contribution in [0.3, 0.4) is 0 Å². The van der Waals surface area contributed by atoms with Crippen molar-refractivity contribution in [3.05, 3.63) is 57.0 Å². The normalized spacial score (nSPS) is 26.2. The van der Waals surface area contributed by atoms with Crippen molar-refractivity contribution in [2.45, 2.75) is 51.4 Å². The molecule has 0 radical (unpaired) electrons. The van der Waals surface area contributed by atoms with Gasteiger partial charge in [0, 0.05) is 40.9 Å². The molecule has 0 amide bonds. The van der Waals surface area contributed by atoms with E-state index in [0.717, 1.165) is 11.1 Å². The lowest BCUT2D eigenvalue weighted by Gasteiger charge is -2.57. The Morgan fingerprint density at radius 2 is 1.92 bits per heavy atom. The summed E-state index contributed by atoms with van der Waals surface area (Å²) in [6.07, 6.45) is 2.10. The molecule has 5 rings (SSSR count). The van der Waals surface area contributed by atoms with Crippen molar-refractivity contribution < 1.29 is 33.7 Å². The Balaban J connectivity index is 1.79. The van der Waals surface area contributed by atoms with Crippen molar-refractivity contribution in [3.63, 3.8) is 0 Å². The summed E-state index contributed by atoms with van der Waals surface area (Å²) in [6, 6.07) is 1.86. The first-order valence-electron chi connectivity index (χ1n) is 12.3. The van der Waals surface area contributed by atoms with Crippen molar-refractivity contribution in [1.82, 2.24) is 9.80 Å². The van der Waals surface area contributed by atoms with Crippen molar-refractivity contribution >= 4 is 17.5 Å². The Hall–Kier alpha value is -4.10. The molecule has 0 aromatic heterocycles. The minimum absolute atomic E-state index is 0.00540. The second-order valence-electron chi connectivity index (χ2n) is 10.0. The largest absolute Gasteiger partial charge is 0.504 e. The van der Waals surface area contributed by atoms with E-state index in [-0.39, 0.29) is 46.7 Å². The van der Waals surface area contributed by atoms with Crippen LogP contribution in [0.5, 0.6) is 11.5 Å². The predicted octanol–water partition coefficient (Wildman–Crippen LogP) is 2.01. The fourth-order valence-corrected chi connectivity index (χ4v) is 6.42. The van der Waals surface area contributed by atoms with Gasteiger partial charge in [0.2, 0.25) is 5.78 Å². The van der Waals surface area contributed by atoms with Crippen LogP contribution in [0.4, 0.5) is 0 Å². The molecular formula is C28H29N3O7. The summed E-state index contributed by atoms with van der Waals surface area (Å²) in [7, 11) is 4.69. The van der Waals surface area contributed by atoms with Crippen LogP contribution in [-0.4, -0.2) is 78.4 Å². The number of ketones is 2. The standard InChI is InChI=1S/C28H29N3O7/c1-12-7-15-8-17-19(10-29)31-18(23(30(17)4)21(15)25(34)27(12)36-5)9-16-22(20(31)11-38-14(3)32)26(35)28(37-6)13(2)24(16)33/h7,9,17,19-20,23,34H,8,11H2,1-6H3/t17-,19-,20-,23-/m0/s1. The molecule has 4 atom stereocenters. The van der Waals surface area contributed by atoms with Gasteiger partial charge in [-0.05, 0) is 44.5 Å². The number of hydrogen-bond acceptors (Lipinski definition) is 10. The summed E-state index contributed by atoms with van der Waals surface area (Å²) in [4.78, 5) is 42.8. The molecule has 0 unspecified atom stereocenters. The Morgan fingerprint density at radius 3 is 2.53 bits per heavy atom. The number of nitriles is 1. The topological polar surface area (TPSA) is 129 Å². The zero-order valence-electron chi connectivity index (χ0n) is 22.1. The van der Waals surface area contributed by atoms with Crippen LogP contribution in [-0.2, 0) is 30.3 Å². The number of benzene rings is 1. The number of phenols is 1. The highest BCUT2D eigenvalue weighted by atomic mass is 16.5. The fraction of sp³-hybridized carbons (Fsp3) is 0.429. The fourth-order valence-electron chi connectivity index (χ4n) is 6.42. The molecule has 3 heterocycles. The van der Waals surface area contributed by atoms with Crippen molar-refractivity contribution in [3.8, 4) is 17.6 Å². The lowest BCUT2D eigenvalue weighted by atomic mass is 9.74. The second kappa shape index (κ2) is 9.03. The number of esters is 1. The molecule has 0 saturated carbocycles. The number of fused-ring (bicyclic) bond motifs is 6. The average molecular weight is 520 g/mol. The molecule has 1 aromatic rings. The number of hydrogen-bond donors (Lipinski definition) is 1. The van der Waals surface area contributed by atoms with Crippen LogP contribution in [0.1, 0.15) is 36.6 Å². The number of phenolic OH excluding ortho intramolecular Hbond substituents is 1. The van der Waals surface area contributed by atoms with Crippen LogP contribution < -0.4 is 4.74 Å². The number of methoxy groups -OCH3 is 2. The van der Waals surface area contributed by atoms with Gasteiger partial charge in [0.1, 0.15) is 12.6 Å². The van der Waals surface area contributed by atoms with E-state index in [4.69, 9.17) is 14.2 Å². The molecule has 1 aromatic carbocycles. The molecule has 0 spiro atoms. The van der Waals surface area contributed by atoms with E-state index in [0.29, 0.717) is 23.4 Å². The number of carbonyl (C=O) groups is 3. The number of rotatable bonds is 4. The van der Waals surface area contributed by atoms with Gasteiger partial charge in [-0.3, -0.25) is 19.3 Å². The maximum Gasteiger partial charge on any atom is 0.302 e. The van der Waals surface area contributed by atoms with Crippen molar-refractivity contribution in [2.75, 3.05) is 27.9 Å². The minimum atomic E-state index is -0.900. The number of piperazine rings is 1. The third kappa shape index (κ3) is 3.38. The molecule has 1 aliphatic carbocycles. The number of aryl methyl sites for hydroxylation is 1. The van der Waals surface area contributed by atoms with Gasteiger partial charge in [0.05, 0.1) is 32.4 Å². The smallest absolute Gasteiger partial charge is 0.302 e. The lowest BCUT2D eigenvalue weighted by Crippen LogP contribution is -2.65. The van der Waals surface area contributed by atoms with Crippen molar-refractivity contribution in [1.29, 1.82) is 5.26 Å². The first-order valence-corrected chi connectivity index (χ1v) is 12.3. The molecule has 3 aliphatic heterocycles. The summed E-state index contributed by atoms with van der Waals surface area (Å²) in [5, 5.41) is 21.8. The van der Waals surface area contributed by atoms with Gasteiger partial charge in [0.15, 0.2) is 23.0 Å². The summed E-state index contributed by atoms with van der Waals surface area (Å²) < 4.78 is 16.2. The van der Waals surface area contributed by atoms with Crippen LogP contribution in [0.2, 0.25) is 0 Å². The Labute approximate surface area is 220 Å². The molecule has 2 bridgehead atoms. The van der Waals surface area contributed by atoms with E-state index in [1.54, 1.807) is 11.0 Å². The number of Topliss-reactive ketones (excluding diaryl/α,β-unsaturated/α-hetero) is 2. The molecule has 1 N–H and O–H groups in total. The van der Waals surface area contributed by atoms with E-state index < -0.39 is 29.9 Å². The first-order chi connectivity index (χ1) is 18.1. The summed E-state index contributed by atoms with van der Waals surface area (Å²) in [5.74, 6) is -1.13. The third-order valence-electron chi connectivity index (χ3n) is 8.05. The van der Waals surface area contributed by atoms with Gasteiger partial charge >= 0.3 is 5.97 Å². The molecule has 4 aliphatic rings.